The van der Waals surface area contributed by atoms with E-state index < -0.39 is 5.97 Å². The van der Waals surface area contributed by atoms with Gasteiger partial charge in [0.15, 0.2) is 0 Å². The maximum absolute atomic E-state index is 13.3. The molecule has 1 aliphatic rings. The monoisotopic (exact) mass is 404 g/mol. The second kappa shape index (κ2) is 9.66. The lowest BCUT2D eigenvalue weighted by molar-refractivity contribution is -0.143. The smallest absolute Gasteiger partial charge is 0.307 e. The minimum absolute atomic E-state index is 0.301. The number of benzene rings is 2. The van der Waals surface area contributed by atoms with Gasteiger partial charge in [-0.15, -0.1) is 0 Å². The molecule has 5 nitrogen and oxygen atoms in total. The van der Waals surface area contributed by atoms with E-state index >= 15 is 0 Å². The molecule has 0 amide bonds. The number of aliphatic carboxylic acids is 1. The third kappa shape index (κ3) is 5.30. The van der Waals surface area contributed by atoms with Gasteiger partial charge >= 0.3 is 5.97 Å². The largest absolute Gasteiger partial charge is 0.481 e. The van der Waals surface area contributed by atoms with Crippen molar-refractivity contribution in [3.8, 4) is 11.1 Å². The summed E-state index contributed by atoms with van der Waals surface area (Å²) in [6.07, 6.45) is 3.21. The third-order valence-corrected chi connectivity index (χ3v) is 5.11. The Morgan fingerprint density at radius 3 is 2.93 bits per heavy atom. The summed E-state index contributed by atoms with van der Waals surface area (Å²) in [5.41, 5.74) is 2.36. The molecule has 28 heavy (non-hydrogen) atoms. The Morgan fingerprint density at radius 1 is 1.32 bits per heavy atom. The first-order valence-corrected chi connectivity index (χ1v) is 9.57. The van der Waals surface area contributed by atoms with Gasteiger partial charge in [0.2, 0.25) is 0 Å². The Balaban J connectivity index is 1.57. The zero-order chi connectivity index (χ0) is 19.9. The van der Waals surface area contributed by atoms with Gasteiger partial charge in [-0.3, -0.25) is 9.69 Å². The molecule has 0 unspecified atom stereocenters. The Labute approximate surface area is 168 Å². The number of piperidine rings is 1. The average Bonchev–Trinajstić information content (AvgIpc) is 2.68. The maximum Gasteiger partial charge on any atom is 0.307 e. The molecule has 7 heteroatoms. The fourth-order valence-corrected chi connectivity index (χ4v) is 3.61. The summed E-state index contributed by atoms with van der Waals surface area (Å²) in [6, 6.07) is 11.8. The van der Waals surface area contributed by atoms with Crippen molar-refractivity contribution in [3.05, 3.63) is 58.9 Å². The number of carboxylic acids is 1. The van der Waals surface area contributed by atoms with Crippen LogP contribution in [0.2, 0.25) is 5.02 Å². The fraction of sp³-hybridized carbons (Fsp3) is 0.333. The predicted octanol–water partition coefficient (Wildman–Crippen LogP) is 4.29. The van der Waals surface area contributed by atoms with Gasteiger partial charge < -0.3 is 9.94 Å². The summed E-state index contributed by atoms with van der Waals surface area (Å²) in [5, 5.41) is 13.5. The first-order chi connectivity index (χ1) is 13.5. The zero-order valence-electron chi connectivity index (χ0n) is 15.4. The second-order valence-electron chi connectivity index (χ2n) is 6.76. The lowest BCUT2D eigenvalue weighted by Crippen LogP contribution is -2.40. The summed E-state index contributed by atoms with van der Waals surface area (Å²) in [7, 11) is 0. The number of halogens is 2. The first-order valence-electron chi connectivity index (χ1n) is 9.19. The summed E-state index contributed by atoms with van der Waals surface area (Å²) in [4.78, 5) is 18.6. The van der Waals surface area contributed by atoms with Crippen molar-refractivity contribution in [2.45, 2.75) is 12.8 Å². The van der Waals surface area contributed by atoms with Crippen molar-refractivity contribution in [2.24, 2.45) is 11.1 Å². The van der Waals surface area contributed by atoms with Crippen molar-refractivity contribution < 1.29 is 19.1 Å². The molecule has 1 fully saturated rings. The van der Waals surface area contributed by atoms with Gasteiger partial charge in [-0.05, 0) is 43.1 Å². The quantitative estimate of drug-likeness (QED) is 0.424. The Kier molecular flexibility index (Phi) is 7.01. The van der Waals surface area contributed by atoms with E-state index in [4.69, 9.17) is 21.5 Å². The molecule has 0 saturated carbocycles. The van der Waals surface area contributed by atoms with Crippen LogP contribution in [-0.2, 0) is 9.63 Å². The van der Waals surface area contributed by atoms with Crippen molar-refractivity contribution in [1.29, 1.82) is 0 Å². The van der Waals surface area contributed by atoms with Gasteiger partial charge in [0.05, 0.1) is 17.2 Å². The van der Waals surface area contributed by atoms with E-state index in [9.17, 15) is 9.18 Å². The highest BCUT2D eigenvalue weighted by molar-refractivity contribution is 6.33. The third-order valence-electron chi connectivity index (χ3n) is 4.80. The SMILES string of the molecule is O=C(O)[C@@H]1CCCN(CCON=Cc2ccccc2-c2ccc(F)cc2Cl)C1. The standard InChI is InChI=1S/C21H22ClFN2O3/c22-20-12-17(23)7-8-19(20)18-6-2-1-4-15(18)13-24-28-11-10-25-9-3-5-16(14-25)21(26)27/h1-2,4,6-8,12-13,16H,3,5,9-11,14H2,(H,26,27)/t16-/m1/s1. The van der Waals surface area contributed by atoms with E-state index in [-0.39, 0.29) is 11.7 Å². The Hall–Kier alpha value is -2.44. The van der Waals surface area contributed by atoms with Gasteiger partial charge in [0.25, 0.3) is 0 Å². The van der Waals surface area contributed by atoms with Crippen molar-refractivity contribution in [1.82, 2.24) is 4.90 Å². The predicted molar refractivity (Wildman–Crippen MR) is 107 cm³/mol. The highest BCUT2D eigenvalue weighted by Gasteiger charge is 2.24. The molecule has 3 rings (SSSR count). The number of hydrogen-bond donors (Lipinski definition) is 1. The van der Waals surface area contributed by atoms with Gasteiger partial charge in [0.1, 0.15) is 12.4 Å². The molecule has 1 saturated heterocycles. The molecule has 2 aromatic carbocycles. The van der Waals surface area contributed by atoms with Crippen molar-refractivity contribution >= 4 is 23.8 Å². The normalized spacial score (nSPS) is 17.7. The van der Waals surface area contributed by atoms with Crippen LogP contribution in [0.25, 0.3) is 11.1 Å². The minimum Gasteiger partial charge on any atom is -0.481 e. The van der Waals surface area contributed by atoms with Crippen LogP contribution in [0.4, 0.5) is 4.39 Å². The molecule has 148 valence electrons. The molecule has 2 aromatic rings. The molecule has 0 aromatic heterocycles. The molecule has 0 bridgehead atoms. The maximum atomic E-state index is 13.3. The Bertz CT molecular complexity index is 859. The van der Waals surface area contributed by atoms with E-state index in [1.165, 1.54) is 12.1 Å². The van der Waals surface area contributed by atoms with Crippen molar-refractivity contribution in [3.63, 3.8) is 0 Å². The molecular weight excluding hydrogens is 383 g/mol. The van der Waals surface area contributed by atoms with Gasteiger partial charge in [0, 0.05) is 24.2 Å². The fourth-order valence-electron chi connectivity index (χ4n) is 3.34. The lowest BCUT2D eigenvalue weighted by Gasteiger charge is -2.29. The molecule has 0 spiro atoms. The number of carbonyl (C=O) groups is 1. The van der Waals surface area contributed by atoms with E-state index in [1.807, 2.05) is 24.3 Å². The lowest BCUT2D eigenvalue weighted by atomic mass is 9.98. The first kappa shape index (κ1) is 20.3. The van der Waals surface area contributed by atoms with Crippen LogP contribution in [0.15, 0.2) is 47.6 Å². The summed E-state index contributed by atoms with van der Waals surface area (Å²) < 4.78 is 13.3. The minimum atomic E-state index is -0.736. The van der Waals surface area contributed by atoms with Crippen LogP contribution < -0.4 is 0 Å². The summed E-state index contributed by atoms with van der Waals surface area (Å²) in [5.74, 6) is -1.42. The number of oxime groups is 1. The molecule has 0 radical (unpaired) electrons. The van der Waals surface area contributed by atoms with E-state index in [2.05, 4.69) is 10.1 Å². The number of hydrogen-bond acceptors (Lipinski definition) is 4. The summed E-state index contributed by atoms with van der Waals surface area (Å²) in [6.45, 7) is 2.44. The van der Waals surface area contributed by atoms with Gasteiger partial charge in [-0.2, -0.15) is 0 Å². The van der Waals surface area contributed by atoms with Crippen LogP contribution in [-0.4, -0.2) is 48.4 Å². The topological polar surface area (TPSA) is 62.1 Å². The Morgan fingerprint density at radius 2 is 2.14 bits per heavy atom. The van der Waals surface area contributed by atoms with E-state index in [0.29, 0.717) is 24.7 Å². The molecular formula is C21H22ClFN2O3. The number of carboxylic acid groups (broad SMARTS) is 1. The van der Waals surface area contributed by atoms with E-state index in [1.54, 1.807) is 12.3 Å². The number of likely N-dealkylation sites (tertiary alicyclic amines) is 1. The molecule has 1 aliphatic heterocycles. The van der Waals surface area contributed by atoms with E-state index in [0.717, 1.165) is 36.1 Å². The second-order valence-corrected chi connectivity index (χ2v) is 7.16. The molecule has 1 atom stereocenters. The van der Waals surface area contributed by atoms with Crippen LogP contribution in [0.5, 0.6) is 0 Å². The van der Waals surface area contributed by atoms with Crippen molar-refractivity contribution in [2.75, 3.05) is 26.2 Å². The zero-order valence-corrected chi connectivity index (χ0v) is 16.1. The van der Waals surface area contributed by atoms with Gasteiger partial charge in [-0.1, -0.05) is 41.0 Å². The van der Waals surface area contributed by atoms with Crippen LogP contribution in [0.1, 0.15) is 18.4 Å². The van der Waals surface area contributed by atoms with Crippen LogP contribution in [0.3, 0.4) is 0 Å². The van der Waals surface area contributed by atoms with Gasteiger partial charge in [-0.25, -0.2) is 4.39 Å². The number of rotatable bonds is 7. The highest BCUT2D eigenvalue weighted by atomic mass is 35.5. The number of nitrogens with zero attached hydrogens (tertiary/aromatic N) is 2. The molecule has 1 N–H and O–H groups in total. The molecule has 1 heterocycles. The molecule has 0 aliphatic carbocycles. The summed E-state index contributed by atoms with van der Waals surface area (Å²) >= 11 is 6.18. The van der Waals surface area contributed by atoms with Crippen LogP contribution >= 0.6 is 11.6 Å². The average molecular weight is 405 g/mol. The van der Waals surface area contributed by atoms with Crippen LogP contribution in [0, 0.1) is 11.7 Å². The highest BCUT2D eigenvalue weighted by Crippen LogP contribution is 2.30.